The summed E-state index contributed by atoms with van der Waals surface area (Å²) >= 11 is 0. The summed E-state index contributed by atoms with van der Waals surface area (Å²) in [5, 5.41) is 12.1. The van der Waals surface area contributed by atoms with Gasteiger partial charge in [-0.2, -0.15) is 13.2 Å². The molecular weight excluding hydrogens is 631 g/mol. The molecule has 1 aliphatic carbocycles. The number of alkyl halides is 3. The molecule has 45 heavy (non-hydrogen) atoms. The number of nitrogens with two attached hydrogens (primary N) is 1. The Morgan fingerprint density at radius 3 is 2.36 bits per heavy atom. The zero-order valence-corrected chi connectivity index (χ0v) is 26.5. The van der Waals surface area contributed by atoms with E-state index in [9.17, 15) is 30.0 Å². The van der Waals surface area contributed by atoms with Gasteiger partial charge in [-0.3, -0.25) is 4.90 Å². The van der Waals surface area contributed by atoms with Gasteiger partial charge in [0.15, 0.2) is 9.84 Å². The quantitative estimate of drug-likeness (QED) is 0.294. The van der Waals surface area contributed by atoms with E-state index < -0.39 is 32.6 Å². The van der Waals surface area contributed by atoms with Crippen LogP contribution in [0.5, 0.6) is 5.75 Å². The van der Waals surface area contributed by atoms with E-state index in [1.165, 1.54) is 31.6 Å². The van der Waals surface area contributed by atoms with Crippen LogP contribution in [0.15, 0.2) is 47.4 Å². The molecule has 0 radical (unpaired) electrons. The third-order valence-electron chi connectivity index (χ3n) is 8.42. The van der Waals surface area contributed by atoms with Gasteiger partial charge in [-0.15, -0.1) is 0 Å². The first-order valence-corrected chi connectivity index (χ1v) is 17.9. The molecule has 4 N–H and O–H groups in total. The van der Waals surface area contributed by atoms with Gasteiger partial charge in [0.25, 0.3) is 0 Å². The maximum atomic E-state index is 13.6. The smallest absolute Gasteiger partial charge is 0.406 e. The van der Waals surface area contributed by atoms with Crippen LogP contribution in [-0.2, 0) is 26.4 Å². The molecule has 2 aromatic carbocycles. The minimum Gasteiger partial charge on any atom is -0.495 e. The molecule has 0 atom stereocenters. The lowest BCUT2D eigenvalue weighted by Crippen LogP contribution is -2.59. The standard InChI is InChI=1S/C30H36F3N5O5S2/c1-43-29-16-23(45(34,41)42)12-13-27(29)35-14-4-5-22-15-25-26(6-3-7-28(25)38(22)19-30(31,32)33)36-20-8-10-21(11-9-20)37-17-24(18-37)44(2,39)40/h3,6-7,12-13,15-16,20-21,24,35-36H,8-11,14,17-19H2,1-2H3,(H2,34,41,42)/t20-,21+. The van der Waals surface area contributed by atoms with Crippen LogP contribution in [0.1, 0.15) is 31.4 Å². The largest absolute Gasteiger partial charge is 0.495 e. The highest BCUT2D eigenvalue weighted by atomic mass is 32.2. The van der Waals surface area contributed by atoms with Crippen molar-refractivity contribution in [1.82, 2.24) is 9.47 Å². The maximum absolute atomic E-state index is 13.6. The number of hydrogen-bond donors (Lipinski definition) is 3. The van der Waals surface area contributed by atoms with E-state index in [4.69, 9.17) is 9.88 Å². The number of halogens is 3. The molecule has 2 fully saturated rings. The molecule has 2 aliphatic rings. The summed E-state index contributed by atoms with van der Waals surface area (Å²) in [6.45, 7) is 0.00136. The number of hydrogen-bond acceptors (Lipinski definition) is 8. The highest BCUT2D eigenvalue weighted by molar-refractivity contribution is 7.91. The van der Waals surface area contributed by atoms with Gasteiger partial charge in [-0.1, -0.05) is 12.0 Å². The maximum Gasteiger partial charge on any atom is 0.406 e. The first-order chi connectivity index (χ1) is 21.1. The molecule has 15 heteroatoms. The van der Waals surface area contributed by atoms with Gasteiger partial charge in [0, 0.05) is 48.6 Å². The van der Waals surface area contributed by atoms with Gasteiger partial charge in [0.1, 0.15) is 12.3 Å². The van der Waals surface area contributed by atoms with E-state index in [1.54, 1.807) is 18.2 Å². The molecular formula is C30H36F3N5O5S2. The molecule has 2 heterocycles. The summed E-state index contributed by atoms with van der Waals surface area (Å²) in [5.41, 5.74) is 1.80. The minimum absolute atomic E-state index is 0.0505. The number of aromatic nitrogens is 1. The van der Waals surface area contributed by atoms with E-state index in [2.05, 4.69) is 27.4 Å². The van der Waals surface area contributed by atoms with Gasteiger partial charge in [-0.25, -0.2) is 22.0 Å². The summed E-state index contributed by atoms with van der Waals surface area (Å²) in [5.74, 6) is 5.95. The molecule has 0 unspecified atom stereocenters. The van der Waals surface area contributed by atoms with Gasteiger partial charge in [0.2, 0.25) is 10.0 Å². The van der Waals surface area contributed by atoms with Crippen molar-refractivity contribution in [2.24, 2.45) is 5.14 Å². The first-order valence-electron chi connectivity index (χ1n) is 14.4. The fourth-order valence-corrected chi connectivity index (χ4v) is 7.43. The number of likely N-dealkylation sites (tertiary alicyclic amines) is 1. The van der Waals surface area contributed by atoms with Crippen LogP contribution >= 0.6 is 0 Å². The van der Waals surface area contributed by atoms with Gasteiger partial charge in [0.05, 0.1) is 40.7 Å². The topological polar surface area (TPSA) is 136 Å². The number of anilines is 2. The first kappa shape index (κ1) is 32.9. The van der Waals surface area contributed by atoms with Crippen molar-refractivity contribution in [2.75, 3.05) is 43.6 Å². The van der Waals surface area contributed by atoms with E-state index in [0.29, 0.717) is 35.7 Å². The zero-order chi connectivity index (χ0) is 32.6. The van der Waals surface area contributed by atoms with Crippen molar-refractivity contribution < 1.29 is 34.7 Å². The lowest BCUT2D eigenvalue weighted by atomic mass is 9.88. The number of rotatable bonds is 9. The Kier molecular flexibility index (Phi) is 9.33. The van der Waals surface area contributed by atoms with Crippen molar-refractivity contribution in [1.29, 1.82) is 0 Å². The summed E-state index contributed by atoms with van der Waals surface area (Å²) in [7, 11) is -5.58. The number of ether oxygens (including phenoxy) is 1. The number of fused-ring (bicyclic) bond motifs is 1. The monoisotopic (exact) mass is 667 g/mol. The summed E-state index contributed by atoms with van der Waals surface area (Å²) in [6, 6.07) is 11.4. The third kappa shape index (κ3) is 7.86. The van der Waals surface area contributed by atoms with Crippen LogP contribution in [0.4, 0.5) is 24.5 Å². The third-order valence-corrected chi connectivity index (χ3v) is 10.8. The Hall–Kier alpha value is -3.45. The lowest BCUT2D eigenvalue weighted by molar-refractivity contribution is -0.140. The van der Waals surface area contributed by atoms with E-state index in [0.717, 1.165) is 35.9 Å². The molecule has 1 aliphatic heterocycles. The second-order valence-electron chi connectivity index (χ2n) is 11.6. The fraction of sp³-hybridized carbons (Fsp3) is 0.467. The minimum atomic E-state index is -4.46. The number of nitrogens with zero attached hydrogens (tertiary/aromatic N) is 2. The van der Waals surface area contributed by atoms with E-state index in [1.807, 2.05) is 6.07 Å². The van der Waals surface area contributed by atoms with Crippen LogP contribution in [0.3, 0.4) is 0 Å². The average molecular weight is 668 g/mol. The molecule has 10 nitrogen and oxygen atoms in total. The highest BCUT2D eigenvalue weighted by Gasteiger charge is 2.39. The normalized spacial score (nSPS) is 19.9. The number of sulfonamides is 1. The van der Waals surface area contributed by atoms with Crippen LogP contribution in [0, 0.1) is 11.8 Å². The second-order valence-corrected chi connectivity index (χ2v) is 15.5. The fourth-order valence-electron chi connectivity index (χ4n) is 5.98. The van der Waals surface area contributed by atoms with Crippen molar-refractivity contribution in [3.05, 3.63) is 48.2 Å². The SMILES string of the molecule is COc1cc(S(N)(=O)=O)ccc1NCC#Cc1cc2c(N[C@H]3CC[C@@H](N4CC(S(C)(=O)=O)C4)CC3)cccc2n1CC(F)(F)F. The number of methoxy groups -OCH3 is 1. The lowest BCUT2D eigenvalue weighted by Gasteiger charge is -2.46. The van der Waals surface area contributed by atoms with Crippen molar-refractivity contribution in [3.8, 4) is 17.6 Å². The summed E-state index contributed by atoms with van der Waals surface area (Å²) < 4.78 is 94.1. The number of sulfone groups is 1. The number of primary sulfonamides is 1. The molecule has 5 rings (SSSR count). The molecule has 1 saturated heterocycles. The highest BCUT2D eigenvalue weighted by Crippen LogP contribution is 2.34. The zero-order valence-electron chi connectivity index (χ0n) is 24.9. The molecule has 0 amide bonds. The van der Waals surface area contributed by atoms with Gasteiger partial charge >= 0.3 is 6.18 Å². The molecule has 0 spiro atoms. The predicted octanol–water partition coefficient (Wildman–Crippen LogP) is 3.78. The van der Waals surface area contributed by atoms with Crippen LogP contribution in [0.2, 0.25) is 0 Å². The van der Waals surface area contributed by atoms with Crippen molar-refractivity contribution >= 4 is 42.1 Å². The Labute approximate surface area is 261 Å². The van der Waals surface area contributed by atoms with Crippen molar-refractivity contribution in [3.63, 3.8) is 0 Å². The Morgan fingerprint density at radius 2 is 1.73 bits per heavy atom. The van der Waals surface area contributed by atoms with Crippen LogP contribution < -0.4 is 20.5 Å². The molecule has 244 valence electrons. The van der Waals surface area contributed by atoms with Gasteiger partial charge in [-0.05, 0) is 61.9 Å². The number of benzene rings is 2. The molecule has 0 bridgehead atoms. The summed E-state index contributed by atoms with van der Waals surface area (Å²) in [4.78, 5) is 2.11. The molecule has 1 aromatic heterocycles. The Bertz CT molecular complexity index is 1830. The second kappa shape index (κ2) is 12.7. The summed E-state index contributed by atoms with van der Waals surface area (Å²) in [6.07, 6.45) is 0.379. The van der Waals surface area contributed by atoms with E-state index >= 15 is 0 Å². The van der Waals surface area contributed by atoms with E-state index in [-0.39, 0.29) is 34.2 Å². The van der Waals surface area contributed by atoms with Crippen LogP contribution in [0.25, 0.3) is 10.9 Å². The van der Waals surface area contributed by atoms with Gasteiger partial charge < -0.3 is 19.9 Å². The average Bonchev–Trinajstić information content (AvgIpc) is 3.26. The predicted molar refractivity (Wildman–Crippen MR) is 168 cm³/mol. The Morgan fingerprint density at radius 1 is 1.02 bits per heavy atom. The molecule has 1 saturated carbocycles. The Balaban J connectivity index is 1.30. The van der Waals surface area contributed by atoms with Crippen LogP contribution in [-0.4, -0.2) is 82.8 Å². The number of nitrogens with one attached hydrogen (secondary N) is 2. The van der Waals surface area contributed by atoms with Crippen molar-refractivity contribution in [2.45, 2.75) is 60.6 Å². The molecule has 3 aromatic rings.